The van der Waals surface area contributed by atoms with E-state index in [-0.39, 0.29) is 36.0 Å². The lowest BCUT2D eigenvalue weighted by atomic mass is 10.1. The van der Waals surface area contributed by atoms with E-state index < -0.39 is 17.7 Å². The van der Waals surface area contributed by atoms with Crippen molar-refractivity contribution >= 4 is 39.6 Å². The molecule has 0 saturated heterocycles. The monoisotopic (exact) mass is 476 g/mol. The first-order chi connectivity index (χ1) is 14.4. The van der Waals surface area contributed by atoms with Crippen molar-refractivity contribution in [2.45, 2.75) is 6.92 Å². The van der Waals surface area contributed by atoms with Gasteiger partial charge in [0.1, 0.15) is 17.5 Å². The van der Waals surface area contributed by atoms with Crippen LogP contribution in [0, 0.1) is 17.1 Å². The lowest BCUT2D eigenvalue weighted by molar-refractivity contribution is -0.145. The van der Waals surface area contributed by atoms with Crippen molar-refractivity contribution in [3.63, 3.8) is 0 Å². The van der Waals surface area contributed by atoms with Crippen LogP contribution in [0.2, 0.25) is 0 Å². The summed E-state index contributed by atoms with van der Waals surface area (Å²) in [5.74, 6) is -1.37. The number of nitrogens with one attached hydrogen (secondary N) is 1. The van der Waals surface area contributed by atoms with Crippen LogP contribution in [0.3, 0.4) is 0 Å². The van der Waals surface area contributed by atoms with Gasteiger partial charge in [0.25, 0.3) is 5.91 Å². The molecule has 1 N–H and O–H groups in total. The molecule has 0 unspecified atom stereocenters. The predicted octanol–water partition coefficient (Wildman–Crippen LogP) is 4.08. The first-order valence-corrected chi connectivity index (χ1v) is 9.52. The Morgan fingerprint density at radius 2 is 2.00 bits per heavy atom. The molecule has 0 aliphatic rings. The Balaban J connectivity index is 2.27. The van der Waals surface area contributed by atoms with E-state index in [1.807, 2.05) is 0 Å². The number of amides is 1. The highest BCUT2D eigenvalue weighted by atomic mass is 79.9. The quantitative estimate of drug-likeness (QED) is 0.350. The van der Waals surface area contributed by atoms with Gasteiger partial charge in [-0.05, 0) is 42.8 Å². The molecule has 2 aromatic rings. The summed E-state index contributed by atoms with van der Waals surface area (Å²) in [7, 11) is 1.41. The van der Waals surface area contributed by atoms with E-state index in [2.05, 4.69) is 21.2 Å². The Kier molecular flexibility index (Phi) is 8.38. The number of rotatable bonds is 8. The van der Waals surface area contributed by atoms with E-state index in [4.69, 9.17) is 14.2 Å². The molecule has 0 saturated carbocycles. The minimum Gasteiger partial charge on any atom is -0.493 e. The predicted molar refractivity (Wildman–Crippen MR) is 111 cm³/mol. The molecule has 7 nitrogen and oxygen atoms in total. The van der Waals surface area contributed by atoms with Crippen LogP contribution in [-0.2, 0) is 14.3 Å². The molecule has 0 aliphatic carbocycles. The second-order valence-corrected chi connectivity index (χ2v) is 6.58. The second-order valence-electron chi connectivity index (χ2n) is 5.72. The van der Waals surface area contributed by atoms with Gasteiger partial charge in [0, 0.05) is 4.47 Å². The first kappa shape index (κ1) is 22.9. The molecule has 156 valence electrons. The Hall–Kier alpha value is -3.38. The fourth-order valence-electron chi connectivity index (χ4n) is 2.33. The molecule has 0 bridgehead atoms. The molecule has 2 aromatic carbocycles. The van der Waals surface area contributed by atoms with Crippen LogP contribution in [0.25, 0.3) is 6.08 Å². The second kappa shape index (κ2) is 11.0. The largest absolute Gasteiger partial charge is 0.493 e. The van der Waals surface area contributed by atoms with E-state index in [9.17, 15) is 19.2 Å². The fourth-order valence-corrected chi connectivity index (χ4v) is 2.77. The van der Waals surface area contributed by atoms with Gasteiger partial charge >= 0.3 is 5.97 Å². The molecule has 0 heterocycles. The molecular formula is C21H18BrFN2O5. The lowest BCUT2D eigenvalue weighted by Gasteiger charge is -2.12. The average Bonchev–Trinajstić information content (AvgIpc) is 2.73. The Bertz CT molecular complexity index is 1020. The minimum absolute atomic E-state index is 0.0389. The third-order valence-electron chi connectivity index (χ3n) is 3.72. The zero-order valence-electron chi connectivity index (χ0n) is 16.2. The summed E-state index contributed by atoms with van der Waals surface area (Å²) in [6.07, 6.45) is 1.32. The van der Waals surface area contributed by atoms with Crippen molar-refractivity contribution in [3.05, 3.63) is 57.8 Å². The van der Waals surface area contributed by atoms with Crippen molar-refractivity contribution in [1.29, 1.82) is 5.26 Å². The first-order valence-electron chi connectivity index (χ1n) is 8.73. The number of nitriles is 1. The zero-order valence-corrected chi connectivity index (χ0v) is 17.8. The number of carbonyl (C=O) groups excluding carboxylic acids is 2. The van der Waals surface area contributed by atoms with Crippen LogP contribution in [0.4, 0.5) is 10.1 Å². The highest BCUT2D eigenvalue weighted by molar-refractivity contribution is 9.10. The van der Waals surface area contributed by atoms with Crippen molar-refractivity contribution in [2.24, 2.45) is 0 Å². The molecule has 30 heavy (non-hydrogen) atoms. The van der Waals surface area contributed by atoms with Crippen LogP contribution in [0.5, 0.6) is 11.5 Å². The van der Waals surface area contributed by atoms with Gasteiger partial charge in [-0.15, -0.1) is 0 Å². The summed E-state index contributed by atoms with van der Waals surface area (Å²) in [5, 5.41) is 11.7. The number of anilines is 1. The molecule has 0 aromatic heterocycles. The molecular weight excluding hydrogens is 459 g/mol. The van der Waals surface area contributed by atoms with Gasteiger partial charge in [0.2, 0.25) is 0 Å². The number of benzene rings is 2. The van der Waals surface area contributed by atoms with E-state index in [1.54, 1.807) is 19.1 Å². The topological polar surface area (TPSA) is 97.7 Å². The standard InChI is InChI=1S/C21H18BrFN2O5/c1-3-29-20(26)12-30-19-10-15(22)13(9-18(19)28-2)8-14(11-24)21(27)25-17-7-5-4-6-16(17)23/h4-10H,3,12H2,1-2H3,(H,25,27)/b14-8-. The third kappa shape index (κ3) is 6.06. The lowest BCUT2D eigenvalue weighted by Crippen LogP contribution is -2.15. The summed E-state index contributed by atoms with van der Waals surface area (Å²) < 4.78 is 29.7. The maximum atomic E-state index is 13.7. The molecule has 9 heteroatoms. The molecule has 2 rings (SSSR count). The van der Waals surface area contributed by atoms with Crippen molar-refractivity contribution in [1.82, 2.24) is 0 Å². The van der Waals surface area contributed by atoms with Gasteiger partial charge in [-0.1, -0.05) is 28.1 Å². The average molecular weight is 477 g/mol. The number of hydrogen-bond donors (Lipinski definition) is 1. The van der Waals surface area contributed by atoms with E-state index in [1.165, 1.54) is 43.5 Å². The molecule has 0 aliphatic heterocycles. The number of para-hydroxylation sites is 1. The normalized spacial score (nSPS) is 10.7. The van der Waals surface area contributed by atoms with E-state index in [0.717, 1.165) is 0 Å². The summed E-state index contributed by atoms with van der Waals surface area (Å²) >= 11 is 3.34. The maximum absolute atomic E-state index is 13.7. The minimum atomic E-state index is -0.767. The Labute approximate surface area is 181 Å². The summed E-state index contributed by atoms with van der Waals surface area (Å²) in [4.78, 5) is 23.9. The molecule has 0 atom stereocenters. The van der Waals surface area contributed by atoms with Crippen LogP contribution in [-0.4, -0.2) is 32.2 Å². The fraction of sp³-hybridized carbons (Fsp3) is 0.190. The van der Waals surface area contributed by atoms with Crippen molar-refractivity contribution in [3.8, 4) is 17.6 Å². The zero-order chi connectivity index (χ0) is 22.1. The molecule has 0 radical (unpaired) electrons. The smallest absolute Gasteiger partial charge is 0.344 e. The number of nitrogens with zero attached hydrogens (tertiary/aromatic N) is 1. The van der Waals surface area contributed by atoms with Gasteiger partial charge in [0.15, 0.2) is 18.1 Å². The highest BCUT2D eigenvalue weighted by Gasteiger charge is 2.15. The highest BCUT2D eigenvalue weighted by Crippen LogP contribution is 2.34. The van der Waals surface area contributed by atoms with E-state index in [0.29, 0.717) is 10.0 Å². The summed E-state index contributed by atoms with van der Waals surface area (Å²) in [6.45, 7) is 1.62. The third-order valence-corrected chi connectivity index (χ3v) is 4.41. The Morgan fingerprint density at radius 1 is 1.27 bits per heavy atom. The Morgan fingerprint density at radius 3 is 2.63 bits per heavy atom. The van der Waals surface area contributed by atoms with Crippen molar-refractivity contribution < 1.29 is 28.2 Å². The van der Waals surface area contributed by atoms with Crippen LogP contribution in [0.15, 0.2) is 46.4 Å². The van der Waals surface area contributed by atoms with Crippen molar-refractivity contribution in [2.75, 3.05) is 25.6 Å². The van der Waals surface area contributed by atoms with Gasteiger partial charge in [-0.25, -0.2) is 9.18 Å². The number of esters is 1. The van der Waals surface area contributed by atoms with E-state index >= 15 is 0 Å². The van der Waals surface area contributed by atoms with Gasteiger partial charge < -0.3 is 19.5 Å². The van der Waals surface area contributed by atoms with Crippen LogP contribution >= 0.6 is 15.9 Å². The number of carbonyl (C=O) groups is 2. The van der Waals surface area contributed by atoms with Gasteiger partial charge in [-0.3, -0.25) is 4.79 Å². The maximum Gasteiger partial charge on any atom is 0.344 e. The van der Waals surface area contributed by atoms with Gasteiger partial charge in [0.05, 0.1) is 19.4 Å². The molecule has 1 amide bonds. The van der Waals surface area contributed by atoms with Crippen LogP contribution < -0.4 is 14.8 Å². The summed E-state index contributed by atoms with van der Waals surface area (Å²) in [5.41, 5.74) is 0.153. The SMILES string of the molecule is CCOC(=O)COc1cc(Br)c(/C=C(/C#N)C(=O)Nc2ccccc2F)cc1OC. The number of ether oxygens (including phenoxy) is 3. The number of halogens is 2. The number of hydrogen-bond acceptors (Lipinski definition) is 6. The number of methoxy groups -OCH3 is 1. The van der Waals surface area contributed by atoms with Gasteiger partial charge in [-0.2, -0.15) is 5.26 Å². The van der Waals surface area contributed by atoms with Crippen LogP contribution in [0.1, 0.15) is 12.5 Å². The molecule has 0 spiro atoms. The summed E-state index contributed by atoms with van der Waals surface area (Å²) in [6, 6.07) is 10.5. The molecule has 0 fully saturated rings.